The number of rotatable bonds is 5. The van der Waals surface area contributed by atoms with Crippen molar-refractivity contribution in [3.63, 3.8) is 0 Å². The third kappa shape index (κ3) is 4.30. The molecule has 1 aliphatic rings. The standard InChI is InChI=1S/C18H26ClN2O2SSi/c1-25(2,3)11-10-24(22,23)21-13-17(14-6-8-20-9-7-14)16-5-4-15(19)12-18(16)21/h4-5,12-14H,6-11H2,1-3H3. The van der Waals surface area contributed by atoms with Crippen LogP contribution < -0.4 is 5.32 Å². The summed E-state index contributed by atoms with van der Waals surface area (Å²) < 4.78 is 27.5. The zero-order valence-corrected chi connectivity index (χ0v) is 17.7. The largest absolute Gasteiger partial charge is 0.245 e. The van der Waals surface area contributed by atoms with Crippen molar-refractivity contribution >= 4 is 40.6 Å². The summed E-state index contributed by atoms with van der Waals surface area (Å²) in [6.45, 7) is 8.30. The van der Waals surface area contributed by atoms with Crippen LogP contribution >= 0.6 is 11.6 Å². The van der Waals surface area contributed by atoms with Gasteiger partial charge in [0.2, 0.25) is 10.0 Å². The van der Waals surface area contributed by atoms with Gasteiger partial charge in [0, 0.05) is 37.8 Å². The molecule has 0 aliphatic carbocycles. The summed E-state index contributed by atoms with van der Waals surface area (Å²) in [6.07, 6.45) is 3.81. The van der Waals surface area contributed by atoms with Crippen molar-refractivity contribution in [3.05, 3.63) is 35.0 Å². The first-order valence-electron chi connectivity index (χ1n) is 8.84. The highest BCUT2D eigenvalue weighted by molar-refractivity contribution is 7.90. The number of hydrogen-bond donors (Lipinski definition) is 0. The van der Waals surface area contributed by atoms with E-state index in [0.717, 1.165) is 42.9 Å². The first-order valence-corrected chi connectivity index (χ1v) is 14.5. The minimum absolute atomic E-state index is 0.193. The molecule has 1 radical (unpaired) electrons. The van der Waals surface area contributed by atoms with Crippen molar-refractivity contribution in [3.8, 4) is 0 Å². The van der Waals surface area contributed by atoms with E-state index in [-0.39, 0.29) is 5.75 Å². The Labute approximate surface area is 156 Å². The Balaban J connectivity index is 2.06. The summed E-state index contributed by atoms with van der Waals surface area (Å²) in [5.74, 6) is 0.563. The van der Waals surface area contributed by atoms with Crippen LogP contribution in [0.3, 0.4) is 0 Å². The quantitative estimate of drug-likeness (QED) is 0.706. The van der Waals surface area contributed by atoms with E-state index in [1.54, 1.807) is 6.07 Å². The van der Waals surface area contributed by atoms with Crippen LogP contribution in [-0.2, 0) is 10.0 Å². The zero-order valence-electron chi connectivity index (χ0n) is 15.1. The smallest absolute Gasteiger partial charge is 0.238 e. The van der Waals surface area contributed by atoms with Gasteiger partial charge in [0.05, 0.1) is 11.3 Å². The molecule has 3 rings (SSSR count). The van der Waals surface area contributed by atoms with E-state index in [0.29, 0.717) is 16.5 Å². The Bertz CT molecular complexity index is 865. The van der Waals surface area contributed by atoms with Gasteiger partial charge in [-0.25, -0.2) is 17.7 Å². The molecule has 0 N–H and O–H groups in total. The van der Waals surface area contributed by atoms with E-state index >= 15 is 0 Å². The van der Waals surface area contributed by atoms with Crippen molar-refractivity contribution in [1.29, 1.82) is 0 Å². The Morgan fingerprint density at radius 1 is 1.24 bits per heavy atom. The number of benzene rings is 1. The van der Waals surface area contributed by atoms with Crippen LogP contribution in [0.2, 0.25) is 30.7 Å². The first-order chi connectivity index (χ1) is 11.7. The summed E-state index contributed by atoms with van der Waals surface area (Å²) in [5, 5.41) is 5.99. The average Bonchev–Trinajstić information content (AvgIpc) is 2.93. The van der Waals surface area contributed by atoms with E-state index in [1.807, 2.05) is 18.3 Å². The summed E-state index contributed by atoms with van der Waals surface area (Å²) in [7, 11) is -4.82. The lowest BCUT2D eigenvalue weighted by Crippen LogP contribution is -2.26. The minimum atomic E-state index is -3.39. The second-order valence-electron chi connectivity index (χ2n) is 8.11. The van der Waals surface area contributed by atoms with E-state index in [4.69, 9.17) is 11.6 Å². The Morgan fingerprint density at radius 2 is 1.92 bits per heavy atom. The third-order valence-electron chi connectivity index (χ3n) is 4.89. The Morgan fingerprint density at radius 3 is 2.56 bits per heavy atom. The molecule has 1 fully saturated rings. The molecule has 4 nitrogen and oxygen atoms in total. The molecule has 0 spiro atoms. The predicted molar refractivity (Wildman–Crippen MR) is 108 cm³/mol. The first kappa shape index (κ1) is 19.0. The van der Waals surface area contributed by atoms with E-state index in [2.05, 4.69) is 25.0 Å². The Hall–Kier alpha value is -0.823. The highest BCUT2D eigenvalue weighted by Gasteiger charge is 2.26. The molecule has 137 valence electrons. The van der Waals surface area contributed by atoms with Gasteiger partial charge in [0.25, 0.3) is 0 Å². The van der Waals surface area contributed by atoms with Crippen molar-refractivity contribution < 1.29 is 8.42 Å². The number of aromatic nitrogens is 1. The molecule has 1 aromatic carbocycles. The highest BCUT2D eigenvalue weighted by Crippen LogP contribution is 2.35. The molecule has 1 aliphatic heterocycles. The third-order valence-corrected chi connectivity index (χ3v) is 8.85. The fraction of sp³-hybridized carbons (Fsp3) is 0.556. The topological polar surface area (TPSA) is 53.2 Å². The number of piperidine rings is 1. The van der Waals surface area contributed by atoms with Crippen LogP contribution in [0.4, 0.5) is 0 Å². The molecular formula is C18H26ClN2O2SSi. The van der Waals surface area contributed by atoms with Crippen LogP contribution in [0.15, 0.2) is 24.4 Å². The monoisotopic (exact) mass is 397 g/mol. The van der Waals surface area contributed by atoms with Gasteiger partial charge in [-0.2, -0.15) is 0 Å². The van der Waals surface area contributed by atoms with E-state index in [9.17, 15) is 8.42 Å². The fourth-order valence-corrected chi connectivity index (χ4v) is 7.92. The molecule has 0 unspecified atom stereocenters. The maximum atomic E-state index is 13.0. The van der Waals surface area contributed by atoms with Crippen LogP contribution in [-0.4, -0.2) is 39.3 Å². The average molecular weight is 398 g/mol. The summed E-state index contributed by atoms with van der Waals surface area (Å²) in [5.41, 5.74) is 1.83. The fourth-order valence-electron chi connectivity index (χ4n) is 3.35. The lowest BCUT2D eigenvalue weighted by molar-refractivity contribution is 0.455. The summed E-state index contributed by atoms with van der Waals surface area (Å²) >= 11 is 6.17. The molecule has 0 saturated carbocycles. The Kier molecular flexibility index (Phi) is 5.35. The van der Waals surface area contributed by atoms with Crippen molar-refractivity contribution in [1.82, 2.24) is 9.29 Å². The molecule has 7 heteroatoms. The molecule has 0 atom stereocenters. The van der Waals surface area contributed by atoms with Crippen molar-refractivity contribution in [2.75, 3.05) is 18.8 Å². The molecule has 2 aromatic rings. The molecule has 0 amide bonds. The highest BCUT2D eigenvalue weighted by atomic mass is 35.5. The second-order valence-corrected chi connectivity index (χ2v) is 16.1. The maximum Gasteiger partial charge on any atom is 0.238 e. The number of nitrogens with zero attached hydrogens (tertiary/aromatic N) is 2. The van der Waals surface area contributed by atoms with Gasteiger partial charge in [0.1, 0.15) is 0 Å². The normalized spacial score (nSPS) is 17.3. The molecule has 1 saturated heterocycles. The molecule has 2 heterocycles. The molecule has 1 aromatic heterocycles. The van der Waals surface area contributed by atoms with Gasteiger partial charge >= 0.3 is 0 Å². The lowest BCUT2D eigenvalue weighted by atomic mass is 9.90. The van der Waals surface area contributed by atoms with Crippen LogP contribution in [0.1, 0.15) is 24.3 Å². The number of hydrogen-bond acceptors (Lipinski definition) is 2. The molecular weight excluding hydrogens is 372 g/mol. The molecule has 25 heavy (non-hydrogen) atoms. The number of halogens is 1. The second kappa shape index (κ2) is 7.06. The van der Waals surface area contributed by atoms with Crippen LogP contribution in [0, 0.1) is 0 Å². The predicted octanol–water partition coefficient (Wildman–Crippen LogP) is 4.29. The van der Waals surface area contributed by atoms with Crippen LogP contribution in [0.25, 0.3) is 10.9 Å². The van der Waals surface area contributed by atoms with Gasteiger partial charge in [-0.1, -0.05) is 37.3 Å². The zero-order chi connectivity index (χ0) is 18.2. The van der Waals surface area contributed by atoms with Gasteiger partial charge in [-0.3, -0.25) is 0 Å². The van der Waals surface area contributed by atoms with Gasteiger partial charge in [-0.15, -0.1) is 0 Å². The van der Waals surface area contributed by atoms with E-state index in [1.165, 1.54) is 3.97 Å². The lowest BCUT2D eigenvalue weighted by Gasteiger charge is -2.21. The number of fused-ring (bicyclic) bond motifs is 1. The van der Waals surface area contributed by atoms with Gasteiger partial charge < -0.3 is 0 Å². The van der Waals surface area contributed by atoms with Gasteiger partial charge in [-0.05, 0) is 42.5 Å². The van der Waals surface area contributed by atoms with Gasteiger partial charge in [0.15, 0.2) is 0 Å². The summed E-state index contributed by atoms with van der Waals surface area (Å²) in [6, 6.07) is 6.34. The SMILES string of the molecule is C[Si](C)(C)CCS(=O)(=O)n1cc(C2CC[N]CC2)c2ccc(Cl)cc21. The maximum absolute atomic E-state index is 13.0. The van der Waals surface area contributed by atoms with Crippen LogP contribution in [0.5, 0.6) is 0 Å². The molecule has 0 bridgehead atoms. The summed E-state index contributed by atoms with van der Waals surface area (Å²) in [4.78, 5) is 0. The van der Waals surface area contributed by atoms with E-state index < -0.39 is 18.1 Å². The van der Waals surface area contributed by atoms with Crippen molar-refractivity contribution in [2.24, 2.45) is 0 Å². The minimum Gasteiger partial charge on any atom is -0.245 e. The van der Waals surface area contributed by atoms with Crippen molar-refractivity contribution in [2.45, 2.75) is 44.4 Å².